The minimum absolute atomic E-state index is 0.365. The Balaban J connectivity index is 2.74. The maximum Gasteiger partial charge on any atom is 0.412 e. The van der Waals surface area contributed by atoms with Crippen molar-refractivity contribution in [2.45, 2.75) is 32.9 Å². The Morgan fingerprint density at radius 2 is 2.06 bits per heavy atom. The van der Waals surface area contributed by atoms with E-state index in [1.165, 1.54) is 0 Å². The Hall–Kier alpha value is -1.26. The summed E-state index contributed by atoms with van der Waals surface area (Å²) in [6.45, 7) is 5.77. The molecule has 1 amide bonds. The van der Waals surface area contributed by atoms with Crippen molar-refractivity contribution >= 4 is 23.4 Å². The van der Waals surface area contributed by atoms with Gasteiger partial charge in [-0.15, -0.1) is 0 Å². The Morgan fingerprint density at radius 1 is 1.41 bits per heavy atom. The van der Waals surface area contributed by atoms with Gasteiger partial charge in [-0.05, 0) is 44.5 Å². The molecule has 3 N–H and O–H groups in total. The quantitative estimate of drug-likeness (QED) is 0.854. The molecule has 94 valence electrons. The lowest BCUT2D eigenvalue weighted by Gasteiger charge is -2.19. The number of anilines is 1. The van der Waals surface area contributed by atoms with Crippen LogP contribution in [0.3, 0.4) is 0 Å². The van der Waals surface area contributed by atoms with Gasteiger partial charge in [0.25, 0.3) is 0 Å². The van der Waals surface area contributed by atoms with Crippen molar-refractivity contribution in [3.63, 3.8) is 0 Å². The van der Waals surface area contributed by atoms with Crippen LogP contribution in [0.5, 0.6) is 0 Å². The van der Waals surface area contributed by atoms with Crippen LogP contribution in [0.4, 0.5) is 10.5 Å². The van der Waals surface area contributed by atoms with Gasteiger partial charge in [0.05, 0.1) is 0 Å². The van der Waals surface area contributed by atoms with Crippen molar-refractivity contribution in [2.75, 3.05) is 5.32 Å². The van der Waals surface area contributed by atoms with E-state index in [0.29, 0.717) is 17.3 Å². The fourth-order valence-corrected chi connectivity index (χ4v) is 1.52. The molecule has 0 saturated carbocycles. The lowest BCUT2D eigenvalue weighted by Crippen LogP contribution is -2.27. The van der Waals surface area contributed by atoms with Gasteiger partial charge in [-0.25, -0.2) is 4.79 Å². The molecule has 1 aromatic rings. The topological polar surface area (TPSA) is 64.3 Å². The maximum absolute atomic E-state index is 11.5. The first-order valence-corrected chi connectivity index (χ1v) is 5.67. The number of amides is 1. The van der Waals surface area contributed by atoms with Gasteiger partial charge in [-0.3, -0.25) is 5.32 Å². The van der Waals surface area contributed by atoms with Crippen molar-refractivity contribution in [3.05, 3.63) is 28.8 Å². The van der Waals surface area contributed by atoms with Crippen molar-refractivity contribution in [1.82, 2.24) is 0 Å². The van der Waals surface area contributed by atoms with E-state index in [-0.39, 0.29) is 0 Å². The summed E-state index contributed by atoms with van der Waals surface area (Å²) < 4.78 is 5.13. The summed E-state index contributed by atoms with van der Waals surface area (Å²) in [6.07, 6.45) is -0.511. The second-order valence-corrected chi connectivity index (χ2v) is 5.12. The molecule has 0 heterocycles. The molecule has 0 spiro atoms. The van der Waals surface area contributed by atoms with Crippen LogP contribution in [-0.2, 0) is 11.3 Å². The molecule has 0 aliphatic rings. The van der Waals surface area contributed by atoms with E-state index in [0.717, 1.165) is 5.56 Å². The molecule has 17 heavy (non-hydrogen) atoms. The largest absolute Gasteiger partial charge is 0.444 e. The molecule has 1 rings (SSSR count). The van der Waals surface area contributed by atoms with Crippen LogP contribution < -0.4 is 11.1 Å². The molecule has 0 radical (unpaired) electrons. The molecule has 0 bridgehead atoms. The summed E-state index contributed by atoms with van der Waals surface area (Å²) >= 11 is 5.90. The highest BCUT2D eigenvalue weighted by Gasteiger charge is 2.16. The predicted octanol–water partition coefficient (Wildman–Crippen LogP) is 3.15. The second-order valence-electron chi connectivity index (χ2n) is 4.68. The van der Waals surface area contributed by atoms with E-state index in [4.69, 9.17) is 22.1 Å². The van der Waals surface area contributed by atoms with Gasteiger partial charge in [-0.1, -0.05) is 11.6 Å². The lowest BCUT2D eigenvalue weighted by atomic mass is 10.2. The fourth-order valence-electron chi connectivity index (χ4n) is 1.26. The SMILES string of the molecule is CC(C)(C)OC(=O)Nc1cc(Cl)cc(CN)c1. The second kappa shape index (κ2) is 5.38. The normalized spacial score (nSPS) is 11.1. The predicted molar refractivity (Wildman–Crippen MR) is 69.2 cm³/mol. The monoisotopic (exact) mass is 256 g/mol. The zero-order valence-electron chi connectivity index (χ0n) is 10.2. The summed E-state index contributed by atoms with van der Waals surface area (Å²) in [5.74, 6) is 0. The molecule has 1 aromatic carbocycles. The lowest BCUT2D eigenvalue weighted by molar-refractivity contribution is 0.0636. The average Bonchev–Trinajstić information content (AvgIpc) is 2.13. The van der Waals surface area contributed by atoms with E-state index >= 15 is 0 Å². The third-order valence-electron chi connectivity index (χ3n) is 1.84. The smallest absolute Gasteiger partial charge is 0.412 e. The van der Waals surface area contributed by atoms with Crippen molar-refractivity contribution in [1.29, 1.82) is 0 Å². The van der Waals surface area contributed by atoms with Gasteiger partial charge < -0.3 is 10.5 Å². The van der Waals surface area contributed by atoms with Gasteiger partial charge in [-0.2, -0.15) is 0 Å². The molecule has 0 atom stereocenters. The minimum atomic E-state index is -0.528. The van der Waals surface area contributed by atoms with Gasteiger partial charge >= 0.3 is 6.09 Å². The van der Waals surface area contributed by atoms with Crippen molar-refractivity contribution in [2.24, 2.45) is 5.73 Å². The molecule has 0 aliphatic carbocycles. The van der Waals surface area contributed by atoms with E-state index in [1.54, 1.807) is 39.0 Å². The molecule has 0 unspecified atom stereocenters. The van der Waals surface area contributed by atoms with Crippen LogP contribution in [0.25, 0.3) is 0 Å². The third-order valence-corrected chi connectivity index (χ3v) is 2.06. The molecule has 0 saturated heterocycles. The average molecular weight is 257 g/mol. The van der Waals surface area contributed by atoms with E-state index in [2.05, 4.69) is 5.32 Å². The number of carbonyl (C=O) groups is 1. The molecule has 0 aromatic heterocycles. The molecular weight excluding hydrogens is 240 g/mol. The first-order valence-electron chi connectivity index (χ1n) is 5.30. The number of carbonyl (C=O) groups excluding carboxylic acids is 1. The summed E-state index contributed by atoms with van der Waals surface area (Å²) in [5.41, 5.74) is 6.42. The number of rotatable bonds is 2. The van der Waals surface area contributed by atoms with Crippen molar-refractivity contribution < 1.29 is 9.53 Å². The number of halogens is 1. The van der Waals surface area contributed by atoms with Gasteiger partial charge in [0.15, 0.2) is 0 Å². The van der Waals surface area contributed by atoms with Crippen LogP contribution in [0.2, 0.25) is 5.02 Å². The number of nitrogens with one attached hydrogen (secondary N) is 1. The van der Waals surface area contributed by atoms with Crippen LogP contribution in [-0.4, -0.2) is 11.7 Å². The number of ether oxygens (including phenoxy) is 1. The first-order chi connectivity index (χ1) is 7.80. The molecule has 4 nitrogen and oxygen atoms in total. The summed E-state index contributed by atoms with van der Waals surface area (Å²) in [7, 11) is 0. The fraction of sp³-hybridized carbons (Fsp3) is 0.417. The minimum Gasteiger partial charge on any atom is -0.444 e. The number of nitrogens with two attached hydrogens (primary N) is 1. The Labute approximate surface area is 106 Å². The van der Waals surface area contributed by atoms with Gasteiger partial charge in [0, 0.05) is 17.3 Å². The standard InChI is InChI=1S/C12H17ClN2O2/c1-12(2,3)17-11(16)15-10-5-8(7-14)4-9(13)6-10/h4-6H,7,14H2,1-3H3,(H,15,16). The Kier molecular flexibility index (Phi) is 4.37. The summed E-state index contributed by atoms with van der Waals surface area (Å²) in [5, 5.41) is 3.14. The highest BCUT2D eigenvalue weighted by atomic mass is 35.5. The first kappa shape index (κ1) is 13.8. The molecular formula is C12H17ClN2O2. The van der Waals surface area contributed by atoms with Crippen molar-refractivity contribution in [3.8, 4) is 0 Å². The van der Waals surface area contributed by atoms with E-state index < -0.39 is 11.7 Å². The highest BCUT2D eigenvalue weighted by molar-refractivity contribution is 6.31. The Morgan fingerprint density at radius 3 is 2.59 bits per heavy atom. The number of benzene rings is 1. The zero-order chi connectivity index (χ0) is 13.1. The summed E-state index contributed by atoms with van der Waals surface area (Å²) in [4.78, 5) is 11.5. The van der Waals surface area contributed by atoms with Crippen LogP contribution >= 0.6 is 11.6 Å². The third kappa shape index (κ3) is 5.06. The van der Waals surface area contributed by atoms with Gasteiger partial charge in [0.1, 0.15) is 5.60 Å². The van der Waals surface area contributed by atoms with Gasteiger partial charge in [0.2, 0.25) is 0 Å². The Bertz CT molecular complexity index is 413. The molecule has 0 aliphatic heterocycles. The van der Waals surface area contributed by atoms with E-state index in [9.17, 15) is 4.79 Å². The maximum atomic E-state index is 11.5. The number of hydrogen-bond donors (Lipinski definition) is 2. The van der Waals surface area contributed by atoms with Crippen LogP contribution in [0.15, 0.2) is 18.2 Å². The molecule has 5 heteroatoms. The van der Waals surface area contributed by atoms with Crippen LogP contribution in [0, 0.1) is 0 Å². The van der Waals surface area contributed by atoms with E-state index in [1.807, 2.05) is 0 Å². The summed E-state index contributed by atoms with van der Waals surface area (Å²) in [6, 6.07) is 5.16. The van der Waals surface area contributed by atoms with Crippen LogP contribution in [0.1, 0.15) is 26.3 Å². The number of hydrogen-bond acceptors (Lipinski definition) is 3. The highest BCUT2D eigenvalue weighted by Crippen LogP contribution is 2.19. The molecule has 0 fully saturated rings. The zero-order valence-corrected chi connectivity index (χ0v) is 11.0.